The average Bonchev–Trinajstić information content (AvgIpc) is 2.36. The van der Waals surface area contributed by atoms with Crippen molar-refractivity contribution >= 4 is 11.7 Å². The van der Waals surface area contributed by atoms with Gasteiger partial charge < -0.3 is 14.8 Å². The molecule has 0 heterocycles. The van der Waals surface area contributed by atoms with Crippen LogP contribution in [0.5, 0.6) is 5.75 Å². The van der Waals surface area contributed by atoms with Crippen LogP contribution in [-0.4, -0.2) is 31.4 Å². The van der Waals surface area contributed by atoms with E-state index in [0.717, 1.165) is 0 Å². The van der Waals surface area contributed by atoms with E-state index in [1.54, 1.807) is 13.8 Å². The van der Waals surface area contributed by atoms with E-state index in [4.69, 9.17) is 9.47 Å². The zero-order valence-electron chi connectivity index (χ0n) is 12.0. The normalized spacial score (nSPS) is 12.9. The Bertz CT molecular complexity index is 458. The summed E-state index contributed by atoms with van der Waals surface area (Å²) in [6.07, 6.45) is -5.80. The van der Waals surface area contributed by atoms with Crippen LogP contribution < -0.4 is 10.1 Å². The number of benzene rings is 1. The highest BCUT2D eigenvalue weighted by Crippen LogP contribution is 2.27. The molecule has 7 heteroatoms. The first-order valence-corrected chi connectivity index (χ1v) is 6.39. The number of hydrogen-bond acceptors (Lipinski definition) is 4. The summed E-state index contributed by atoms with van der Waals surface area (Å²) in [4.78, 5) is 11.4. The van der Waals surface area contributed by atoms with Crippen LogP contribution in [0.3, 0.4) is 0 Å². The number of methoxy groups -OCH3 is 1. The average molecular weight is 305 g/mol. The van der Waals surface area contributed by atoms with Crippen LogP contribution in [0.2, 0.25) is 0 Å². The third kappa shape index (κ3) is 5.93. The van der Waals surface area contributed by atoms with Crippen molar-refractivity contribution in [1.29, 1.82) is 0 Å². The number of halogens is 3. The fraction of sp³-hybridized carbons (Fsp3) is 0.500. The Hall–Kier alpha value is -1.92. The van der Waals surface area contributed by atoms with Crippen molar-refractivity contribution in [2.75, 3.05) is 12.4 Å². The minimum Gasteiger partial charge on any atom is -0.497 e. The second-order valence-corrected chi connectivity index (χ2v) is 4.71. The number of ether oxygens (including phenoxy) is 2. The van der Waals surface area contributed by atoms with E-state index in [0.29, 0.717) is 5.75 Å². The van der Waals surface area contributed by atoms with Crippen molar-refractivity contribution in [2.24, 2.45) is 0 Å². The number of anilines is 1. The molecule has 21 heavy (non-hydrogen) atoms. The van der Waals surface area contributed by atoms with Crippen molar-refractivity contribution in [1.82, 2.24) is 0 Å². The number of carbonyl (C=O) groups excluding carboxylic acids is 1. The molecule has 118 valence electrons. The number of nitrogens with one attached hydrogen (secondary N) is 1. The third-order valence-corrected chi connectivity index (χ3v) is 2.56. The summed E-state index contributed by atoms with van der Waals surface area (Å²) in [5.41, 5.74) is 0.246. The fourth-order valence-corrected chi connectivity index (χ4v) is 1.61. The van der Waals surface area contributed by atoms with Gasteiger partial charge in [-0.25, -0.2) is 0 Å². The second-order valence-electron chi connectivity index (χ2n) is 4.71. The highest BCUT2D eigenvalue weighted by Gasteiger charge is 2.41. The van der Waals surface area contributed by atoms with E-state index in [9.17, 15) is 18.0 Å². The van der Waals surface area contributed by atoms with E-state index in [-0.39, 0.29) is 5.69 Å². The first-order valence-electron chi connectivity index (χ1n) is 6.39. The van der Waals surface area contributed by atoms with E-state index in [1.165, 1.54) is 31.4 Å². The lowest BCUT2D eigenvalue weighted by molar-refractivity contribution is -0.163. The van der Waals surface area contributed by atoms with Gasteiger partial charge in [0.1, 0.15) is 11.8 Å². The first-order chi connectivity index (χ1) is 9.72. The molecular weight excluding hydrogens is 287 g/mol. The SMILES string of the molecule is COc1ccc(NC(CC(=O)OC(C)C)C(F)(F)F)cc1. The Morgan fingerprint density at radius 3 is 2.24 bits per heavy atom. The Labute approximate surface area is 121 Å². The summed E-state index contributed by atoms with van der Waals surface area (Å²) >= 11 is 0. The Kier molecular flexibility index (Phi) is 5.87. The highest BCUT2D eigenvalue weighted by molar-refractivity contribution is 5.71. The lowest BCUT2D eigenvalue weighted by Gasteiger charge is -2.22. The molecule has 0 saturated heterocycles. The monoisotopic (exact) mass is 305 g/mol. The molecule has 1 aromatic rings. The second kappa shape index (κ2) is 7.19. The summed E-state index contributed by atoms with van der Waals surface area (Å²) in [5, 5.41) is 2.29. The van der Waals surface area contributed by atoms with Crippen molar-refractivity contribution in [2.45, 2.75) is 38.6 Å². The standard InChI is InChI=1S/C14H18F3NO3/c1-9(2)21-13(19)8-12(14(15,16)17)18-10-4-6-11(20-3)7-5-10/h4-7,9,12,18H,8H2,1-3H3. The molecule has 1 rings (SSSR count). The van der Waals surface area contributed by atoms with Gasteiger partial charge in [-0.2, -0.15) is 13.2 Å². The molecule has 0 fully saturated rings. The smallest absolute Gasteiger partial charge is 0.409 e. The molecule has 0 aliphatic rings. The minimum absolute atomic E-state index is 0.246. The molecule has 0 spiro atoms. The summed E-state index contributed by atoms with van der Waals surface area (Å²) in [6.45, 7) is 3.16. The molecule has 0 radical (unpaired) electrons. The molecular formula is C14H18F3NO3. The Balaban J connectivity index is 2.76. The van der Waals surface area contributed by atoms with Crippen LogP contribution >= 0.6 is 0 Å². The van der Waals surface area contributed by atoms with Crippen molar-refractivity contribution in [3.63, 3.8) is 0 Å². The zero-order valence-corrected chi connectivity index (χ0v) is 12.0. The van der Waals surface area contributed by atoms with Crippen LogP contribution in [0.25, 0.3) is 0 Å². The summed E-state index contributed by atoms with van der Waals surface area (Å²) in [6, 6.07) is 3.96. The number of carbonyl (C=O) groups is 1. The number of hydrogen-bond donors (Lipinski definition) is 1. The largest absolute Gasteiger partial charge is 0.497 e. The predicted octanol–water partition coefficient (Wildman–Crippen LogP) is 3.38. The van der Waals surface area contributed by atoms with E-state index in [2.05, 4.69) is 5.32 Å². The summed E-state index contributed by atoms with van der Waals surface area (Å²) in [5.74, 6) is -0.364. The molecule has 1 N–H and O–H groups in total. The van der Waals surface area contributed by atoms with Gasteiger partial charge in [-0.15, -0.1) is 0 Å². The van der Waals surface area contributed by atoms with Gasteiger partial charge in [-0.05, 0) is 38.1 Å². The lowest BCUT2D eigenvalue weighted by atomic mass is 10.1. The third-order valence-electron chi connectivity index (χ3n) is 2.56. The molecule has 0 aliphatic carbocycles. The van der Waals surface area contributed by atoms with Crippen molar-refractivity contribution in [3.05, 3.63) is 24.3 Å². The van der Waals surface area contributed by atoms with Gasteiger partial charge >= 0.3 is 12.1 Å². The maximum atomic E-state index is 13.0. The van der Waals surface area contributed by atoms with Gasteiger partial charge in [-0.1, -0.05) is 0 Å². The minimum atomic E-state index is -4.56. The van der Waals surface area contributed by atoms with Crippen molar-refractivity contribution < 1.29 is 27.4 Å². The van der Waals surface area contributed by atoms with E-state index in [1.807, 2.05) is 0 Å². The maximum absolute atomic E-state index is 13.0. The van der Waals surface area contributed by atoms with Gasteiger partial charge in [0.25, 0.3) is 0 Å². The van der Waals surface area contributed by atoms with Crippen LogP contribution in [0.1, 0.15) is 20.3 Å². The molecule has 4 nitrogen and oxygen atoms in total. The van der Waals surface area contributed by atoms with Crippen LogP contribution in [-0.2, 0) is 9.53 Å². The highest BCUT2D eigenvalue weighted by atomic mass is 19.4. The zero-order chi connectivity index (χ0) is 16.0. The van der Waals surface area contributed by atoms with Crippen molar-refractivity contribution in [3.8, 4) is 5.75 Å². The molecule has 0 amide bonds. The molecule has 1 unspecified atom stereocenters. The van der Waals surface area contributed by atoms with Crippen LogP contribution in [0.15, 0.2) is 24.3 Å². The lowest BCUT2D eigenvalue weighted by Crippen LogP contribution is -2.38. The molecule has 0 saturated carbocycles. The molecule has 0 aromatic heterocycles. The molecule has 1 atom stereocenters. The van der Waals surface area contributed by atoms with Gasteiger partial charge in [0.2, 0.25) is 0 Å². The van der Waals surface area contributed by atoms with Gasteiger partial charge in [-0.3, -0.25) is 4.79 Å². The van der Waals surface area contributed by atoms with E-state index < -0.39 is 30.7 Å². The van der Waals surface area contributed by atoms with Crippen LogP contribution in [0, 0.1) is 0 Å². The van der Waals surface area contributed by atoms with Gasteiger partial charge in [0.05, 0.1) is 19.6 Å². The Morgan fingerprint density at radius 1 is 1.24 bits per heavy atom. The van der Waals surface area contributed by atoms with Crippen LogP contribution in [0.4, 0.5) is 18.9 Å². The maximum Gasteiger partial charge on any atom is 0.409 e. The quantitative estimate of drug-likeness (QED) is 0.819. The van der Waals surface area contributed by atoms with E-state index >= 15 is 0 Å². The molecule has 1 aromatic carbocycles. The number of rotatable bonds is 6. The predicted molar refractivity (Wildman–Crippen MR) is 72.3 cm³/mol. The number of alkyl halides is 3. The molecule has 0 aliphatic heterocycles. The number of esters is 1. The summed E-state index contributed by atoms with van der Waals surface area (Å²) < 4.78 is 48.5. The topological polar surface area (TPSA) is 47.6 Å². The fourth-order valence-electron chi connectivity index (χ4n) is 1.61. The summed E-state index contributed by atoms with van der Waals surface area (Å²) in [7, 11) is 1.46. The van der Waals surface area contributed by atoms with Gasteiger partial charge in [0, 0.05) is 5.69 Å². The van der Waals surface area contributed by atoms with Gasteiger partial charge in [0.15, 0.2) is 0 Å². The Morgan fingerprint density at radius 2 is 1.81 bits per heavy atom. The first kappa shape index (κ1) is 17.1. The molecule has 0 bridgehead atoms.